The van der Waals surface area contributed by atoms with Crippen LogP contribution in [0.1, 0.15) is 36.5 Å². The van der Waals surface area contributed by atoms with Crippen LogP contribution in [-0.4, -0.2) is 28.2 Å². The van der Waals surface area contributed by atoms with Crippen molar-refractivity contribution in [3.63, 3.8) is 0 Å². The van der Waals surface area contributed by atoms with Crippen LogP contribution in [0.2, 0.25) is 0 Å². The molecule has 0 saturated heterocycles. The largest absolute Gasteiger partial charge is 0.496 e. The molecule has 0 unspecified atom stereocenters. The number of benzene rings is 3. The number of nitrogen functional groups attached to an aromatic ring is 1. The number of hydrogen-bond donors (Lipinski definition) is 3. The zero-order valence-electron chi connectivity index (χ0n) is 21.7. The Morgan fingerprint density at radius 1 is 1.03 bits per heavy atom. The van der Waals surface area contributed by atoms with Gasteiger partial charge in [-0.15, -0.1) is 0 Å². The number of fused-ring (bicyclic) bond motifs is 3. The fourth-order valence-corrected chi connectivity index (χ4v) is 4.78. The van der Waals surface area contributed by atoms with E-state index in [1.165, 1.54) is 0 Å². The summed E-state index contributed by atoms with van der Waals surface area (Å²) in [7, 11) is 1.69. The van der Waals surface area contributed by atoms with Crippen LogP contribution in [0.25, 0.3) is 21.9 Å². The maximum absolute atomic E-state index is 9.42. The quantitative estimate of drug-likeness (QED) is 0.202. The van der Waals surface area contributed by atoms with Gasteiger partial charge in [-0.05, 0) is 42.3 Å². The molecule has 3 aromatic carbocycles. The average Bonchev–Trinajstić information content (AvgIpc) is 3.25. The van der Waals surface area contributed by atoms with Gasteiger partial charge in [-0.2, -0.15) is 10.2 Å². The number of nitrogens with zero attached hydrogens (tertiary/aromatic N) is 4. The first-order chi connectivity index (χ1) is 18.6. The third-order valence-corrected chi connectivity index (χ3v) is 6.65. The first kappa shape index (κ1) is 24.9. The van der Waals surface area contributed by atoms with E-state index in [4.69, 9.17) is 10.5 Å². The summed E-state index contributed by atoms with van der Waals surface area (Å²) in [5.41, 5.74) is 12.5. The first-order valence-electron chi connectivity index (χ1n) is 12.8. The molecular formula is C30H31N7O. The summed E-state index contributed by atoms with van der Waals surface area (Å²) in [5.74, 6) is 1.79. The zero-order valence-corrected chi connectivity index (χ0v) is 21.7. The Labute approximate surface area is 222 Å². The molecule has 8 heteroatoms. The number of methoxy groups -OCH3 is 1. The highest BCUT2D eigenvalue weighted by molar-refractivity contribution is 6.09. The van der Waals surface area contributed by atoms with Gasteiger partial charge in [0, 0.05) is 24.0 Å². The highest BCUT2D eigenvalue weighted by atomic mass is 16.5. The Bertz CT molecular complexity index is 1630. The second-order valence-electron chi connectivity index (χ2n) is 9.17. The number of hydrogen-bond acceptors (Lipinski definition) is 7. The van der Waals surface area contributed by atoms with E-state index in [0.717, 1.165) is 69.7 Å². The van der Waals surface area contributed by atoms with Crippen LogP contribution in [0, 0.1) is 11.3 Å². The highest BCUT2D eigenvalue weighted by Gasteiger charge is 2.19. The van der Waals surface area contributed by atoms with Gasteiger partial charge in [0.15, 0.2) is 5.82 Å². The summed E-state index contributed by atoms with van der Waals surface area (Å²) < 4.78 is 7.99. The van der Waals surface area contributed by atoms with Gasteiger partial charge in [-0.3, -0.25) is 0 Å². The lowest BCUT2D eigenvalue weighted by Gasteiger charge is -2.16. The predicted octanol–water partition coefficient (Wildman–Crippen LogP) is 5.92. The molecule has 0 aliphatic rings. The molecule has 0 aliphatic carbocycles. The molecule has 5 aromatic rings. The van der Waals surface area contributed by atoms with E-state index >= 15 is 0 Å². The maximum atomic E-state index is 9.42. The van der Waals surface area contributed by atoms with Gasteiger partial charge < -0.3 is 25.7 Å². The molecule has 0 saturated carbocycles. The van der Waals surface area contributed by atoms with Crippen LogP contribution < -0.4 is 21.1 Å². The minimum atomic E-state index is 0.253. The fourth-order valence-electron chi connectivity index (χ4n) is 4.78. The lowest BCUT2D eigenvalue weighted by molar-refractivity contribution is 0.408. The van der Waals surface area contributed by atoms with Crippen LogP contribution in [0.5, 0.6) is 5.75 Å². The smallest absolute Gasteiger partial charge is 0.222 e. The molecule has 0 amide bonds. The summed E-state index contributed by atoms with van der Waals surface area (Å²) in [6.45, 7) is 4.10. The van der Waals surface area contributed by atoms with Crippen molar-refractivity contribution in [2.45, 2.75) is 32.9 Å². The number of para-hydroxylation sites is 2. The number of nitriles is 1. The molecular weight excluding hydrogens is 474 g/mol. The number of unbranched alkanes of at least 4 members (excludes halogenated alkanes) is 1. The Kier molecular flexibility index (Phi) is 7.27. The van der Waals surface area contributed by atoms with Crippen molar-refractivity contribution in [2.24, 2.45) is 0 Å². The van der Waals surface area contributed by atoms with Gasteiger partial charge in [0.05, 0.1) is 30.4 Å². The van der Waals surface area contributed by atoms with Gasteiger partial charge in [-0.1, -0.05) is 49.7 Å². The Morgan fingerprint density at radius 3 is 2.66 bits per heavy atom. The Balaban J connectivity index is 1.56. The number of nitrogens with two attached hydrogens (primary N) is 1. The van der Waals surface area contributed by atoms with E-state index < -0.39 is 0 Å². The first-order valence-corrected chi connectivity index (χ1v) is 12.8. The molecule has 38 heavy (non-hydrogen) atoms. The number of nitrogens with one attached hydrogen (secondary N) is 2. The lowest BCUT2D eigenvalue weighted by atomic mass is 10.1. The molecule has 2 aromatic heterocycles. The second kappa shape index (κ2) is 11.1. The van der Waals surface area contributed by atoms with E-state index in [9.17, 15) is 5.26 Å². The van der Waals surface area contributed by atoms with E-state index in [0.29, 0.717) is 18.7 Å². The highest BCUT2D eigenvalue weighted by Crippen LogP contribution is 2.34. The molecule has 4 N–H and O–H groups in total. The lowest BCUT2D eigenvalue weighted by Crippen LogP contribution is -2.10. The normalized spacial score (nSPS) is 11.0. The van der Waals surface area contributed by atoms with Crippen LogP contribution in [-0.2, 0) is 13.1 Å². The summed E-state index contributed by atoms with van der Waals surface area (Å²) in [4.78, 5) is 9.21. The molecule has 2 heterocycles. The molecule has 0 atom stereocenters. The van der Waals surface area contributed by atoms with Crippen LogP contribution >= 0.6 is 0 Å². The minimum absolute atomic E-state index is 0.253. The molecule has 0 fully saturated rings. The number of ether oxygens (including phenoxy) is 1. The number of aromatic nitrogens is 3. The average molecular weight is 506 g/mol. The summed E-state index contributed by atoms with van der Waals surface area (Å²) in [6.07, 6.45) is 2.11. The Morgan fingerprint density at radius 2 is 1.84 bits per heavy atom. The van der Waals surface area contributed by atoms with Crippen LogP contribution in [0.4, 0.5) is 17.5 Å². The monoisotopic (exact) mass is 505 g/mol. The van der Waals surface area contributed by atoms with Crippen molar-refractivity contribution in [1.82, 2.24) is 14.5 Å². The van der Waals surface area contributed by atoms with E-state index in [2.05, 4.69) is 56.4 Å². The van der Waals surface area contributed by atoms with Crippen molar-refractivity contribution >= 4 is 39.4 Å². The van der Waals surface area contributed by atoms with E-state index in [1.807, 2.05) is 48.5 Å². The van der Waals surface area contributed by atoms with Gasteiger partial charge >= 0.3 is 0 Å². The van der Waals surface area contributed by atoms with Crippen molar-refractivity contribution < 1.29 is 4.74 Å². The molecule has 192 valence electrons. The van der Waals surface area contributed by atoms with Gasteiger partial charge in [0.2, 0.25) is 5.95 Å². The zero-order chi connectivity index (χ0) is 26.5. The fraction of sp³-hybridized carbons (Fsp3) is 0.233. The van der Waals surface area contributed by atoms with Crippen molar-refractivity contribution in [3.05, 3.63) is 83.4 Å². The third-order valence-electron chi connectivity index (χ3n) is 6.65. The topological polar surface area (TPSA) is 114 Å². The molecule has 0 aliphatic heterocycles. The molecule has 0 bridgehead atoms. The number of rotatable bonds is 10. The molecule has 8 nitrogen and oxygen atoms in total. The predicted molar refractivity (Wildman–Crippen MR) is 153 cm³/mol. The van der Waals surface area contributed by atoms with Gasteiger partial charge in [0.25, 0.3) is 0 Å². The summed E-state index contributed by atoms with van der Waals surface area (Å²) >= 11 is 0. The van der Waals surface area contributed by atoms with E-state index in [1.54, 1.807) is 7.11 Å². The Hall–Kier alpha value is -4.77. The standard InChI is InChI=1S/C30H31N7O/c1-3-4-15-33-29-28-27(35-30(32)36-29)23-10-6-8-12-25(23)37(28)19-22-16-20(13-14-26(22)38-2)18-34-24-11-7-5-9-21(24)17-31/h5-14,16,34H,3-4,15,18-19H2,1-2H3,(H3,32,33,35,36). The van der Waals surface area contributed by atoms with Crippen LogP contribution in [0.3, 0.4) is 0 Å². The maximum Gasteiger partial charge on any atom is 0.222 e. The summed E-state index contributed by atoms with van der Waals surface area (Å²) in [6, 6.07) is 24.1. The third kappa shape index (κ3) is 4.91. The molecule has 0 radical (unpaired) electrons. The minimum Gasteiger partial charge on any atom is -0.496 e. The van der Waals surface area contributed by atoms with Crippen molar-refractivity contribution in [3.8, 4) is 11.8 Å². The van der Waals surface area contributed by atoms with Crippen molar-refractivity contribution in [1.29, 1.82) is 5.26 Å². The van der Waals surface area contributed by atoms with E-state index in [-0.39, 0.29) is 5.95 Å². The molecule has 5 rings (SSSR count). The number of anilines is 3. The SMILES string of the molecule is CCCCNc1nc(N)nc2c3ccccc3n(Cc3cc(CNc4ccccc4C#N)ccc3OC)c12. The van der Waals surface area contributed by atoms with Gasteiger partial charge in [0.1, 0.15) is 22.9 Å². The van der Waals surface area contributed by atoms with Gasteiger partial charge in [-0.25, -0.2) is 4.98 Å². The van der Waals surface area contributed by atoms with Crippen LogP contribution in [0.15, 0.2) is 66.7 Å². The summed E-state index contributed by atoms with van der Waals surface area (Å²) in [5, 5.41) is 17.3. The van der Waals surface area contributed by atoms with Crippen molar-refractivity contribution in [2.75, 3.05) is 30.0 Å². The second-order valence-corrected chi connectivity index (χ2v) is 9.17. The molecule has 0 spiro atoms.